The van der Waals surface area contributed by atoms with Gasteiger partial charge in [0.25, 0.3) is 0 Å². The highest BCUT2D eigenvalue weighted by atomic mass is 79.9. The SMILES string of the molecule is CCOc1cc(CNC(=O)C2CCCN(S(=O)(=O)c3ccc(Br)cc3)C2)ccn1. The molecular weight excluding hydrogens is 458 g/mol. The van der Waals surface area contributed by atoms with Gasteiger partial charge in [-0.15, -0.1) is 0 Å². The number of ether oxygens (including phenoxy) is 1. The number of rotatable bonds is 7. The number of carbonyl (C=O) groups is 1. The summed E-state index contributed by atoms with van der Waals surface area (Å²) in [6.45, 7) is 3.35. The smallest absolute Gasteiger partial charge is 0.243 e. The molecule has 1 atom stereocenters. The zero-order valence-corrected chi connectivity index (χ0v) is 18.6. The van der Waals surface area contributed by atoms with Crippen molar-refractivity contribution in [1.29, 1.82) is 0 Å². The number of carbonyl (C=O) groups excluding carboxylic acids is 1. The molecule has 2 aromatic rings. The van der Waals surface area contributed by atoms with Crippen LogP contribution in [0.2, 0.25) is 0 Å². The van der Waals surface area contributed by atoms with E-state index in [1.54, 1.807) is 36.5 Å². The van der Waals surface area contributed by atoms with E-state index in [1.165, 1.54) is 4.31 Å². The fourth-order valence-electron chi connectivity index (χ4n) is 3.25. The first-order valence-corrected chi connectivity index (χ1v) is 11.7. The summed E-state index contributed by atoms with van der Waals surface area (Å²) in [4.78, 5) is 17.0. The zero-order chi connectivity index (χ0) is 20.9. The lowest BCUT2D eigenvalue weighted by molar-refractivity contribution is -0.126. The number of pyridine rings is 1. The first kappa shape index (κ1) is 21.7. The minimum Gasteiger partial charge on any atom is -0.478 e. The van der Waals surface area contributed by atoms with Crippen LogP contribution >= 0.6 is 15.9 Å². The van der Waals surface area contributed by atoms with Crippen molar-refractivity contribution >= 4 is 31.9 Å². The van der Waals surface area contributed by atoms with Crippen LogP contribution in [0.1, 0.15) is 25.3 Å². The van der Waals surface area contributed by atoms with Gasteiger partial charge in [0.15, 0.2) is 0 Å². The summed E-state index contributed by atoms with van der Waals surface area (Å²) in [5, 5.41) is 2.91. The van der Waals surface area contributed by atoms with Gasteiger partial charge in [0.05, 0.1) is 17.4 Å². The molecule has 1 aromatic heterocycles. The van der Waals surface area contributed by atoms with E-state index in [4.69, 9.17) is 4.74 Å². The molecular formula is C20H24BrN3O4S. The van der Waals surface area contributed by atoms with E-state index in [9.17, 15) is 13.2 Å². The van der Waals surface area contributed by atoms with Gasteiger partial charge in [-0.25, -0.2) is 13.4 Å². The van der Waals surface area contributed by atoms with Crippen LogP contribution < -0.4 is 10.1 Å². The maximum atomic E-state index is 12.9. The lowest BCUT2D eigenvalue weighted by Gasteiger charge is -2.31. The summed E-state index contributed by atoms with van der Waals surface area (Å²) in [7, 11) is -3.62. The predicted octanol–water partition coefficient (Wildman–Crippen LogP) is 2.96. The van der Waals surface area contributed by atoms with Crippen LogP contribution in [-0.2, 0) is 21.4 Å². The van der Waals surface area contributed by atoms with Crippen molar-refractivity contribution in [1.82, 2.24) is 14.6 Å². The molecule has 2 heterocycles. The first-order valence-electron chi connectivity index (χ1n) is 9.51. The van der Waals surface area contributed by atoms with E-state index >= 15 is 0 Å². The Morgan fingerprint density at radius 3 is 2.79 bits per heavy atom. The minimum absolute atomic E-state index is 0.143. The highest BCUT2D eigenvalue weighted by Gasteiger charge is 2.33. The Balaban J connectivity index is 1.62. The number of piperidine rings is 1. The van der Waals surface area contributed by atoms with Crippen molar-refractivity contribution in [3.8, 4) is 5.88 Å². The Morgan fingerprint density at radius 1 is 1.31 bits per heavy atom. The van der Waals surface area contributed by atoms with Crippen LogP contribution in [0.5, 0.6) is 5.88 Å². The molecule has 9 heteroatoms. The molecule has 29 heavy (non-hydrogen) atoms. The maximum absolute atomic E-state index is 12.9. The van der Waals surface area contributed by atoms with Crippen LogP contribution in [0.3, 0.4) is 0 Å². The van der Waals surface area contributed by atoms with E-state index in [-0.39, 0.29) is 23.3 Å². The quantitative estimate of drug-likeness (QED) is 0.656. The van der Waals surface area contributed by atoms with Gasteiger partial charge in [-0.3, -0.25) is 4.79 Å². The van der Waals surface area contributed by atoms with Gasteiger partial charge in [-0.05, 0) is 55.7 Å². The third-order valence-electron chi connectivity index (χ3n) is 4.76. The Morgan fingerprint density at radius 2 is 2.07 bits per heavy atom. The number of hydrogen-bond acceptors (Lipinski definition) is 5. The second-order valence-corrected chi connectivity index (χ2v) is 9.66. The molecule has 1 aliphatic heterocycles. The summed E-state index contributed by atoms with van der Waals surface area (Å²) >= 11 is 3.31. The lowest BCUT2D eigenvalue weighted by atomic mass is 9.99. The van der Waals surface area contributed by atoms with E-state index in [0.29, 0.717) is 38.4 Å². The van der Waals surface area contributed by atoms with E-state index < -0.39 is 10.0 Å². The lowest BCUT2D eigenvalue weighted by Crippen LogP contribution is -2.45. The van der Waals surface area contributed by atoms with Gasteiger partial charge in [-0.2, -0.15) is 4.31 Å². The molecule has 1 N–H and O–H groups in total. The summed E-state index contributed by atoms with van der Waals surface area (Å²) in [5.74, 6) is 0.00123. The molecule has 1 amide bonds. The molecule has 1 aromatic carbocycles. The number of benzene rings is 1. The number of hydrogen-bond donors (Lipinski definition) is 1. The van der Waals surface area contributed by atoms with Gasteiger partial charge in [0.1, 0.15) is 0 Å². The Labute approximate surface area is 179 Å². The first-order chi connectivity index (χ1) is 13.9. The molecule has 0 bridgehead atoms. The maximum Gasteiger partial charge on any atom is 0.243 e. The predicted molar refractivity (Wildman–Crippen MR) is 113 cm³/mol. The van der Waals surface area contributed by atoms with E-state index in [2.05, 4.69) is 26.2 Å². The summed E-state index contributed by atoms with van der Waals surface area (Å²) in [5.41, 5.74) is 0.881. The Bertz CT molecular complexity index is 950. The number of aromatic nitrogens is 1. The highest BCUT2D eigenvalue weighted by Crippen LogP contribution is 2.25. The molecule has 1 fully saturated rings. The van der Waals surface area contributed by atoms with Crippen LogP contribution in [0, 0.1) is 5.92 Å². The van der Waals surface area contributed by atoms with Gasteiger partial charge in [0, 0.05) is 36.4 Å². The van der Waals surface area contributed by atoms with Crippen molar-refractivity contribution in [3.05, 3.63) is 52.6 Å². The molecule has 0 radical (unpaired) electrons. The van der Waals surface area contributed by atoms with Crippen molar-refractivity contribution in [2.75, 3.05) is 19.7 Å². The molecule has 0 spiro atoms. The molecule has 1 saturated heterocycles. The third kappa shape index (κ3) is 5.55. The molecule has 1 aliphatic rings. The standard InChI is InChI=1S/C20H24BrN3O4S/c1-2-28-19-12-15(9-10-22-19)13-23-20(25)16-4-3-11-24(14-16)29(26,27)18-7-5-17(21)6-8-18/h5-10,12,16H,2-4,11,13-14H2,1H3,(H,23,25). The van der Waals surface area contributed by atoms with Crippen molar-refractivity contribution < 1.29 is 17.9 Å². The van der Waals surface area contributed by atoms with Crippen LogP contribution in [0.15, 0.2) is 52.0 Å². The molecule has 1 unspecified atom stereocenters. The topological polar surface area (TPSA) is 88.6 Å². The van der Waals surface area contributed by atoms with Crippen LogP contribution in [-0.4, -0.2) is 43.3 Å². The molecule has 0 aliphatic carbocycles. The van der Waals surface area contributed by atoms with Gasteiger partial charge in [0.2, 0.25) is 21.8 Å². The van der Waals surface area contributed by atoms with E-state index in [1.807, 2.05) is 13.0 Å². The van der Waals surface area contributed by atoms with Crippen molar-refractivity contribution in [2.24, 2.45) is 5.92 Å². The van der Waals surface area contributed by atoms with Crippen molar-refractivity contribution in [3.63, 3.8) is 0 Å². The Kier molecular flexibility index (Phi) is 7.26. The number of halogens is 1. The third-order valence-corrected chi connectivity index (χ3v) is 7.17. The number of nitrogens with zero attached hydrogens (tertiary/aromatic N) is 2. The Hall–Kier alpha value is -1.97. The zero-order valence-electron chi connectivity index (χ0n) is 16.2. The number of nitrogens with one attached hydrogen (secondary N) is 1. The van der Waals surface area contributed by atoms with Crippen LogP contribution in [0.4, 0.5) is 0 Å². The average molecular weight is 482 g/mol. The van der Waals surface area contributed by atoms with Gasteiger partial charge >= 0.3 is 0 Å². The second-order valence-electron chi connectivity index (χ2n) is 6.81. The summed E-state index contributed by atoms with van der Waals surface area (Å²) in [6.07, 6.45) is 2.95. The molecule has 7 nitrogen and oxygen atoms in total. The second kappa shape index (κ2) is 9.69. The van der Waals surface area contributed by atoms with Gasteiger partial charge < -0.3 is 10.1 Å². The monoisotopic (exact) mass is 481 g/mol. The van der Waals surface area contributed by atoms with Gasteiger partial charge in [-0.1, -0.05) is 15.9 Å². The normalized spacial score (nSPS) is 17.7. The summed E-state index contributed by atoms with van der Waals surface area (Å²) in [6, 6.07) is 10.1. The molecule has 3 rings (SSSR count). The van der Waals surface area contributed by atoms with Crippen LogP contribution in [0.25, 0.3) is 0 Å². The number of sulfonamides is 1. The average Bonchev–Trinajstić information content (AvgIpc) is 2.73. The van der Waals surface area contributed by atoms with Crippen molar-refractivity contribution in [2.45, 2.75) is 31.2 Å². The fourth-order valence-corrected chi connectivity index (χ4v) is 5.04. The summed E-state index contributed by atoms with van der Waals surface area (Å²) < 4.78 is 33.4. The fraction of sp³-hybridized carbons (Fsp3) is 0.400. The molecule has 156 valence electrons. The van der Waals surface area contributed by atoms with E-state index in [0.717, 1.165) is 10.0 Å². The molecule has 0 saturated carbocycles. The minimum atomic E-state index is -3.62. The number of amides is 1. The largest absolute Gasteiger partial charge is 0.478 e. The highest BCUT2D eigenvalue weighted by molar-refractivity contribution is 9.10.